The number of aromatic hydroxyl groups is 1. The van der Waals surface area contributed by atoms with Gasteiger partial charge in [-0.3, -0.25) is 4.79 Å². The molecule has 0 radical (unpaired) electrons. The fourth-order valence-corrected chi connectivity index (χ4v) is 4.29. The summed E-state index contributed by atoms with van der Waals surface area (Å²) in [5.74, 6) is 0.785. The third kappa shape index (κ3) is 4.32. The van der Waals surface area contributed by atoms with Crippen molar-refractivity contribution in [2.45, 2.75) is 88.2 Å². The standard InChI is InChI=1S/C20H30O2S/c1-19(2,3)14-11-13(12-15(18(14)22)20(4,5)6)23-17-10-8-7-9-16(17)21/h11-12,17,22H,7-10H2,1-6H3. The van der Waals surface area contributed by atoms with Gasteiger partial charge in [-0.05, 0) is 35.8 Å². The van der Waals surface area contributed by atoms with E-state index in [2.05, 4.69) is 53.7 Å². The van der Waals surface area contributed by atoms with E-state index < -0.39 is 0 Å². The van der Waals surface area contributed by atoms with Gasteiger partial charge in [-0.25, -0.2) is 0 Å². The van der Waals surface area contributed by atoms with Crippen LogP contribution in [0.15, 0.2) is 17.0 Å². The SMILES string of the molecule is CC(C)(C)c1cc(SC2CCCCC2=O)cc(C(C)(C)C)c1O. The summed E-state index contributed by atoms with van der Waals surface area (Å²) in [5, 5.41) is 10.8. The smallest absolute Gasteiger partial charge is 0.146 e. The molecule has 3 heteroatoms. The second-order valence-electron chi connectivity index (χ2n) is 8.69. The van der Waals surface area contributed by atoms with Crippen molar-refractivity contribution in [1.29, 1.82) is 0 Å². The number of thioether (sulfide) groups is 1. The number of benzene rings is 1. The highest BCUT2D eigenvalue weighted by Crippen LogP contribution is 2.43. The summed E-state index contributed by atoms with van der Waals surface area (Å²) in [6.45, 7) is 12.7. The summed E-state index contributed by atoms with van der Waals surface area (Å²) in [4.78, 5) is 13.3. The number of phenols is 1. The number of carbonyl (C=O) groups excluding carboxylic acids is 1. The summed E-state index contributed by atoms with van der Waals surface area (Å²) in [6.07, 6.45) is 3.86. The highest BCUT2D eigenvalue weighted by atomic mass is 32.2. The highest BCUT2D eigenvalue weighted by molar-refractivity contribution is 8.00. The van der Waals surface area contributed by atoms with Crippen molar-refractivity contribution in [2.75, 3.05) is 0 Å². The average Bonchev–Trinajstić information content (AvgIpc) is 2.40. The van der Waals surface area contributed by atoms with Crippen LogP contribution in [0.3, 0.4) is 0 Å². The van der Waals surface area contributed by atoms with Gasteiger partial charge in [0.25, 0.3) is 0 Å². The molecule has 0 heterocycles. The summed E-state index contributed by atoms with van der Waals surface area (Å²) in [7, 11) is 0. The molecule has 1 aromatic rings. The minimum absolute atomic E-state index is 0.0777. The predicted molar refractivity (Wildman–Crippen MR) is 98.6 cm³/mol. The summed E-state index contributed by atoms with van der Waals surface area (Å²) in [6, 6.07) is 4.16. The first kappa shape index (κ1) is 18.4. The van der Waals surface area contributed by atoms with Crippen molar-refractivity contribution in [3.05, 3.63) is 23.3 Å². The van der Waals surface area contributed by atoms with Crippen LogP contribution in [0.2, 0.25) is 0 Å². The van der Waals surface area contributed by atoms with Crippen LogP contribution in [-0.4, -0.2) is 16.1 Å². The number of hydrogen-bond acceptors (Lipinski definition) is 3. The molecule has 0 aromatic heterocycles. The van der Waals surface area contributed by atoms with Crippen molar-refractivity contribution in [1.82, 2.24) is 0 Å². The van der Waals surface area contributed by atoms with E-state index in [0.717, 1.165) is 35.3 Å². The Morgan fingerprint density at radius 2 is 1.52 bits per heavy atom. The Balaban J connectivity index is 2.45. The van der Waals surface area contributed by atoms with Gasteiger partial charge >= 0.3 is 0 Å². The Morgan fingerprint density at radius 1 is 1.00 bits per heavy atom. The van der Waals surface area contributed by atoms with Crippen molar-refractivity contribution in [3.8, 4) is 5.75 Å². The van der Waals surface area contributed by atoms with Crippen LogP contribution in [0.4, 0.5) is 0 Å². The molecule has 1 saturated carbocycles. The number of rotatable bonds is 2. The molecule has 1 fully saturated rings. The molecule has 0 saturated heterocycles. The van der Waals surface area contributed by atoms with Crippen molar-refractivity contribution >= 4 is 17.5 Å². The minimum atomic E-state index is -0.128. The predicted octanol–water partition coefficient (Wildman–Crippen LogP) is 5.59. The quantitative estimate of drug-likeness (QED) is 0.766. The fraction of sp³-hybridized carbons (Fsp3) is 0.650. The lowest BCUT2D eigenvalue weighted by Crippen LogP contribution is -2.22. The Hall–Kier alpha value is -0.960. The maximum Gasteiger partial charge on any atom is 0.146 e. The highest BCUT2D eigenvalue weighted by Gasteiger charge is 2.29. The third-order valence-corrected chi connectivity index (χ3v) is 5.77. The third-order valence-electron chi connectivity index (χ3n) is 4.48. The molecule has 1 atom stereocenters. The van der Waals surface area contributed by atoms with Gasteiger partial charge in [-0.1, -0.05) is 48.0 Å². The van der Waals surface area contributed by atoms with Crippen LogP contribution < -0.4 is 0 Å². The second-order valence-corrected chi connectivity index (χ2v) is 9.96. The first-order chi connectivity index (χ1) is 10.5. The lowest BCUT2D eigenvalue weighted by Gasteiger charge is -2.29. The zero-order chi connectivity index (χ0) is 17.4. The molecule has 0 amide bonds. The van der Waals surface area contributed by atoms with E-state index in [4.69, 9.17) is 0 Å². The Kier molecular flexibility index (Phi) is 5.20. The largest absolute Gasteiger partial charge is 0.507 e. The van der Waals surface area contributed by atoms with Gasteiger partial charge in [-0.15, -0.1) is 11.8 Å². The van der Waals surface area contributed by atoms with E-state index >= 15 is 0 Å². The maximum atomic E-state index is 12.2. The molecule has 1 N–H and O–H groups in total. The molecule has 1 aliphatic carbocycles. The van der Waals surface area contributed by atoms with Crippen LogP contribution in [0.25, 0.3) is 0 Å². The van der Waals surface area contributed by atoms with Crippen LogP contribution in [0.1, 0.15) is 78.4 Å². The lowest BCUT2D eigenvalue weighted by atomic mass is 9.79. The zero-order valence-electron chi connectivity index (χ0n) is 15.3. The average molecular weight is 335 g/mol. The summed E-state index contributed by atoms with van der Waals surface area (Å²) >= 11 is 1.68. The molecule has 0 aliphatic heterocycles. The maximum absolute atomic E-state index is 12.2. The monoisotopic (exact) mass is 334 g/mol. The second kappa shape index (κ2) is 6.51. The molecule has 1 aliphatic rings. The van der Waals surface area contributed by atoms with Crippen LogP contribution in [-0.2, 0) is 15.6 Å². The molecule has 0 spiro atoms. The van der Waals surface area contributed by atoms with E-state index in [1.165, 1.54) is 0 Å². The number of phenolic OH excluding ortho intramolecular Hbond substituents is 1. The van der Waals surface area contributed by atoms with Gasteiger partial charge in [-0.2, -0.15) is 0 Å². The minimum Gasteiger partial charge on any atom is -0.507 e. The molecular formula is C20H30O2S. The molecule has 2 nitrogen and oxygen atoms in total. The Labute approximate surface area is 145 Å². The fourth-order valence-electron chi connectivity index (χ4n) is 3.06. The van der Waals surface area contributed by atoms with Crippen molar-refractivity contribution < 1.29 is 9.90 Å². The molecular weight excluding hydrogens is 304 g/mol. The first-order valence-electron chi connectivity index (χ1n) is 8.57. The van der Waals surface area contributed by atoms with Crippen molar-refractivity contribution in [3.63, 3.8) is 0 Å². The summed E-state index contributed by atoms with van der Waals surface area (Å²) in [5.41, 5.74) is 1.68. The topological polar surface area (TPSA) is 37.3 Å². The van der Waals surface area contributed by atoms with Gasteiger partial charge in [0.2, 0.25) is 0 Å². The van der Waals surface area contributed by atoms with E-state index in [9.17, 15) is 9.90 Å². The molecule has 2 rings (SSSR count). The number of carbonyl (C=O) groups is 1. The van der Waals surface area contributed by atoms with Crippen LogP contribution in [0, 0.1) is 0 Å². The number of hydrogen-bond donors (Lipinski definition) is 1. The van der Waals surface area contributed by atoms with E-state index in [0.29, 0.717) is 18.0 Å². The van der Waals surface area contributed by atoms with Gasteiger partial charge in [0, 0.05) is 22.4 Å². The van der Waals surface area contributed by atoms with Gasteiger partial charge in [0.05, 0.1) is 5.25 Å². The van der Waals surface area contributed by atoms with Gasteiger partial charge in [0.1, 0.15) is 11.5 Å². The first-order valence-corrected chi connectivity index (χ1v) is 9.45. The van der Waals surface area contributed by atoms with Gasteiger partial charge < -0.3 is 5.11 Å². The normalized spacial score (nSPS) is 19.9. The van der Waals surface area contributed by atoms with Crippen molar-refractivity contribution in [2.24, 2.45) is 0 Å². The molecule has 23 heavy (non-hydrogen) atoms. The zero-order valence-corrected chi connectivity index (χ0v) is 16.1. The molecule has 128 valence electrons. The molecule has 0 bridgehead atoms. The Bertz CT molecular complexity index is 556. The van der Waals surface area contributed by atoms with E-state index in [1.807, 2.05) is 0 Å². The molecule has 1 unspecified atom stereocenters. The van der Waals surface area contributed by atoms with E-state index in [-0.39, 0.29) is 16.1 Å². The van der Waals surface area contributed by atoms with Crippen LogP contribution >= 0.6 is 11.8 Å². The number of Topliss-reactive ketones (excluding diaryl/α,β-unsaturated/α-hetero) is 1. The number of ketones is 1. The van der Waals surface area contributed by atoms with Gasteiger partial charge in [0.15, 0.2) is 0 Å². The summed E-state index contributed by atoms with van der Waals surface area (Å²) < 4.78 is 0. The lowest BCUT2D eigenvalue weighted by molar-refractivity contribution is -0.119. The van der Waals surface area contributed by atoms with Crippen LogP contribution in [0.5, 0.6) is 5.75 Å². The van der Waals surface area contributed by atoms with E-state index in [1.54, 1.807) is 11.8 Å². The molecule has 1 aromatic carbocycles. The Morgan fingerprint density at radius 3 is 1.96 bits per heavy atom.